The molecular weight excluding hydrogens is 411 g/mol. The van der Waals surface area contributed by atoms with Gasteiger partial charge in [0.15, 0.2) is 0 Å². The Morgan fingerprint density at radius 2 is 2.22 bits per heavy atom. The summed E-state index contributed by atoms with van der Waals surface area (Å²) in [7, 11) is 0. The lowest BCUT2D eigenvalue weighted by Crippen LogP contribution is -2.47. The number of amidine groups is 1. The van der Waals surface area contributed by atoms with Crippen molar-refractivity contribution in [3.63, 3.8) is 0 Å². The smallest absolute Gasteiger partial charge is 0.149 e. The number of nitrogens with two attached hydrogens (primary N) is 1. The number of fused-ring (bicyclic) bond motifs is 1. The van der Waals surface area contributed by atoms with Gasteiger partial charge in [0.2, 0.25) is 0 Å². The summed E-state index contributed by atoms with van der Waals surface area (Å²) in [4.78, 5) is 6.23. The molecule has 0 spiro atoms. The van der Waals surface area contributed by atoms with Crippen LogP contribution in [0, 0.1) is 11.7 Å². The fourth-order valence-corrected chi connectivity index (χ4v) is 4.59. The summed E-state index contributed by atoms with van der Waals surface area (Å²) >= 11 is 0. The second-order valence-electron chi connectivity index (χ2n) is 8.35. The molecule has 0 radical (unpaired) electrons. The first-order valence-electron chi connectivity index (χ1n) is 11.0. The van der Waals surface area contributed by atoms with Gasteiger partial charge in [-0.1, -0.05) is 18.2 Å². The number of rotatable bonds is 5. The van der Waals surface area contributed by atoms with Gasteiger partial charge in [0, 0.05) is 36.4 Å². The number of allylic oxidation sites excluding steroid dienone is 2. The minimum Gasteiger partial charge on any atom is -0.486 e. The van der Waals surface area contributed by atoms with Crippen molar-refractivity contribution in [1.29, 1.82) is 0 Å². The van der Waals surface area contributed by atoms with Crippen LogP contribution in [0.4, 0.5) is 4.39 Å². The average molecular weight is 439 g/mol. The topological polar surface area (TPSA) is 92.3 Å². The maximum Gasteiger partial charge on any atom is 0.149 e. The zero-order valence-electron chi connectivity index (χ0n) is 17.7. The van der Waals surface area contributed by atoms with Gasteiger partial charge in [0.1, 0.15) is 35.4 Å². The highest BCUT2D eigenvalue weighted by Crippen LogP contribution is 2.37. The van der Waals surface area contributed by atoms with E-state index in [2.05, 4.69) is 10.3 Å². The van der Waals surface area contributed by atoms with Crippen LogP contribution < -0.4 is 15.8 Å². The molecule has 1 fully saturated rings. The van der Waals surface area contributed by atoms with Gasteiger partial charge in [-0.05, 0) is 31.1 Å². The summed E-state index contributed by atoms with van der Waals surface area (Å²) in [5.74, 6) is 0.573. The number of aliphatic imine (C=N–C) groups is 1. The van der Waals surface area contributed by atoms with Crippen molar-refractivity contribution in [2.75, 3.05) is 13.2 Å². The van der Waals surface area contributed by atoms with Gasteiger partial charge in [0.05, 0.1) is 25.0 Å². The van der Waals surface area contributed by atoms with Gasteiger partial charge < -0.3 is 30.5 Å². The maximum atomic E-state index is 15.3. The SMILES string of the molecule is NC1=NC=CN2C1=C(c1ccc(OC3C=CC=CC3)cc1F)NC2C1CCC(CO)OC1. The maximum absolute atomic E-state index is 15.3. The number of nitrogens with one attached hydrogen (secondary N) is 1. The van der Waals surface area contributed by atoms with Crippen molar-refractivity contribution < 1.29 is 19.0 Å². The number of nitrogens with zero attached hydrogens (tertiary/aromatic N) is 2. The summed E-state index contributed by atoms with van der Waals surface area (Å²) < 4.78 is 26.9. The Morgan fingerprint density at radius 1 is 1.31 bits per heavy atom. The predicted octanol–water partition coefficient (Wildman–Crippen LogP) is 2.62. The quantitative estimate of drug-likeness (QED) is 0.655. The Kier molecular flexibility index (Phi) is 5.71. The highest BCUT2D eigenvalue weighted by atomic mass is 19.1. The van der Waals surface area contributed by atoms with Crippen LogP contribution in [0.1, 0.15) is 24.8 Å². The third kappa shape index (κ3) is 3.91. The Balaban J connectivity index is 1.40. The number of benzene rings is 1. The molecule has 4 N–H and O–H groups in total. The van der Waals surface area contributed by atoms with Crippen molar-refractivity contribution in [2.45, 2.75) is 37.6 Å². The van der Waals surface area contributed by atoms with E-state index in [4.69, 9.17) is 15.2 Å². The second kappa shape index (κ2) is 8.80. The first-order valence-corrected chi connectivity index (χ1v) is 11.0. The average Bonchev–Trinajstić information content (AvgIpc) is 3.21. The minimum absolute atomic E-state index is 0.0232. The molecule has 0 amide bonds. The molecule has 1 aliphatic carbocycles. The van der Waals surface area contributed by atoms with Crippen LogP contribution in [0.3, 0.4) is 0 Å². The Labute approximate surface area is 186 Å². The zero-order chi connectivity index (χ0) is 22.1. The van der Waals surface area contributed by atoms with Crippen molar-refractivity contribution in [2.24, 2.45) is 16.6 Å². The van der Waals surface area contributed by atoms with Crippen LogP contribution in [0.25, 0.3) is 5.70 Å². The summed E-state index contributed by atoms with van der Waals surface area (Å²) in [5.41, 5.74) is 7.90. The van der Waals surface area contributed by atoms with E-state index in [1.54, 1.807) is 18.3 Å². The minimum atomic E-state index is -0.393. The molecule has 0 saturated carbocycles. The Hall–Kier alpha value is -3.10. The van der Waals surface area contributed by atoms with Gasteiger partial charge in [0.25, 0.3) is 0 Å². The molecule has 4 aliphatic rings. The second-order valence-corrected chi connectivity index (χ2v) is 8.35. The van der Waals surface area contributed by atoms with Crippen LogP contribution in [0.2, 0.25) is 0 Å². The zero-order valence-corrected chi connectivity index (χ0v) is 17.7. The molecule has 1 aromatic rings. The molecule has 168 valence electrons. The summed E-state index contributed by atoms with van der Waals surface area (Å²) in [6, 6.07) is 4.91. The highest BCUT2D eigenvalue weighted by Gasteiger charge is 2.40. The molecule has 4 atom stereocenters. The molecule has 1 saturated heterocycles. The van der Waals surface area contributed by atoms with Gasteiger partial charge in [-0.2, -0.15) is 0 Å². The molecule has 7 nitrogen and oxygen atoms in total. The lowest BCUT2D eigenvalue weighted by molar-refractivity contribution is -0.0567. The highest BCUT2D eigenvalue weighted by molar-refractivity contribution is 6.05. The van der Waals surface area contributed by atoms with Crippen LogP contribution in [0.15, 0.2) is 65.6 Å². The molecule has 3 aliphatic heterocycles. The van der Waals surface area contributed by atoms with Gasteiger partial charge in [-0.15, -0.1) is 0 Å². The number of hydrogen-bond donors (Lipinski definition) is 3. The Morgan fingerprint density at radius 3 is 2.94 bits per heavy atom. The summed E-state index contributed by atoms with van der Waals surface area (Å²) in [6.07, 6.45) is 13.4. The first-order chi connectivity index (χ1) is 15.6. The lowest BCUT2D eigenvalue weighted by Gasteiger charge is -2.36. The molecule has 5 rings (SSSR count). The predicted molar refractivity (Wildman–Crippen MR) is 120 cm³/mol. The Bertz CT molecular complexity index is 1020. The third-order valence-electron chi connectivity index (χ3n) is 6.26. The van der Waals surface area contributed by atoms with E-state index in [0.29, 0.717) is 35.1 Å². The molecule has 4 unspecified atom stereocenters. The van der Waals surface area contributed by atoms with Crippen molar-refractivity contribution >= 4 is 11.5 Å². The van der Waals surface area contributed by atoms with E-state index in [-0.39, 0.29) is 30.9 Å². The lowest BCUT2D eigenvalue weighted by atomic mass is 9.95. The molecule has 0 bridgehead atoms. The summed E-state index contributed by atoms with van der Waals surface area (Å²) in [6.45, 7) is 0.527. The van der Waals surface area contributed by atoms with Crippen molar-refractivity contribution in [1.82, 2.24) is 10.2 Å². The van der Waals surface area contributed by atoms with E-state index in [1.165, 1.54) is 6.07 Å². The fourth-order valence-electron chi connectivity index (χ4n) is 4.59. The first kappa shape index (κ1) is 20.8. The van der Waals surface area contributed by atoms with Crippen molar-refractivity contribution in [3.8, 4) is 5.75 Å². The number of hydrogen-bond acceptors (Lipinski definition) is 7. The van der Waals surface area contributed by atoms with E-state index in [9.17, 15) is 5.11 Å². The summed E-state index contributed by atoms with van der Waals surface area (Å²) in [5, 5.41) is 12.8. The molecule has 8 heteroatoms. The van der Waals surface area contributed by atoms with Crippen molar-refractivity contribution in [3.05, 3.63) is 72.0 Å². The largest absolute Gasteiger partial charge is 0.486 e. The molecule has 0 aromatic heterocycles. The van der Waals surface area contributed by atoms with E-state index in [0.717, 1.165) is 19.3 Å². The van der Waals surface area contributed by atoms with E-state index >= 15 is 4.39 Å². The number of aliphatic hydroxyl groups is 1. The number of halogens is 1. The normalized spacial score (nSPS) is 29.1. The van der Waals surface area contributed by atoms with E-state index < -0.39 is 5.82 Å². The monoisotopic (exact) mass is 438 g/mol. The van der Waals surface area contributed by atoms with Crippen LogP contribution in [-0.2, 0) is 4.74 Å². The van der Waals surface area contributed by atoms with Gasteiger partial charge in [-0.25, -0.2) is 9.38 Å². The fraction of sp³-hybridized carbons (Fsp3) is 0.375. The third-order valence-corrected chi connectivity index (χ3v) is 6.26. The van der Waals surface area contributed by atoms with Crippen LogP contribution in [-0.4, -0.2) is 47.4 Å². The molecular formula is C24H27FN4O3. The standard InChI is InChI=1S/C24H27FN4O3/c25-20-12-17(32-16-4-2-1-3-5-16)8-9-19(20)21-22-23(26)27-10-11-29(22)24(28-21)15-6-7-18(13-30)31-14-15/h1-4,8-12,15-16,18,24,28,30H,5-7,13-14H2,(H2,26,27). The number of ether oxygens (including phenoxy) is 2. The molecule has 32 heavy (non-hydrogen) atoms. The molecule has 3 heterocycles. The molecule has 1 aromatic carbocycles. The van der Waals surface area contributed by atoms with Crippen LogP contribution in [0.5, 0.6) is 5.75 Å². The van der Waals surface area contributed by atoms with Gasteiger partial charge in [-0.3, -0.25) is 0 Å². The van der Waals surface area contributed by atoms with Crippen LogP contribution >= 0.6 is 0 Å². The van der Waals surface area contributed by atoms with E-state index in [1.807, 2.05) is 35.4 Å². The number of aliphatic hydroxyl groups excluding tert-OH is 1. The van der Waals surface area contributed by atoms with Gasteiger partial charge >= 0.3 is 0 Å².